The Morgan fingerprint density at radius 1 is 1.13 bits per heavy atom. The van der Waals surface area contributed by atoms with Gasteiger partial charge in [-0.25, -0.2) is 0 Å². The number of benzene rings is 2. The van der Waals surface area contributed by atoms with Crippen LogP contribution in [0.3, 0.4) is 0 Å². The Balaban J connectivity index is 1.80. The number of hydrogen-bond acceptors (Lipinski definition) is 4. The number of nitrogens with one attached hydrogen (secondary N) is 1. The minimum absolute atomic E-state index is 0.108. The maximum Gasteiger partial charge on any atom is 0.417 e. The monoisotopic (exact) mass is 430 g/mol. The van der Waals surface area contributed by atoms with E-state index in [9.17, 15) is 18.3 Å². The number of amidine groups is 1. The van der Waals surface area contributed by atoms with Crippen molar-refractivity contribution in [1.82, 2.24) is 0 Å². The Bertz CT molecular complexity index is 1070. The highest BCUT2D eigenvalue weighted by molar-refractivity contribution is 7.81. The number of anilines is 2. The van der Waals surface area contributed by atoms with Gasteiger partial charge in [-0.2, -0.15) is 18.4 Å². The second-order valence-electron chi connectivity index (χ2n) is 7.35. The van der Waals surface area contributed by atoms with Gasteiger partial charge in [0, 0.05) is 5.69 Å². The molecule has 1 spiro atoms. The third-order valence-electron chi connectivity index (χ3n) is 5.72. The molecule has 2 aromatic carbocycles. The van der Waals surface area contributed by atoms with Crippen molar-refractivity contribution in [3.63, 3.8) is 0 Å². The number of halogens is 3. The molecule has 4 rings (SSSR count). The lowest BCUT2D eigenvalue weighted by molar-refractivity contribution is -0.137. The zero-order chi connectivity index (χ0) is 21.7. The predicted octanol–water partition coefficient (Wildman–Crippen LogP) is 4.58. The first-order chi connectivity index (χ1) is 14.2. The second kappa shape index (κ2) is 7.07. The van der Waals surface area contributed by atoms with Crippen LogP contribution in [-0.4, -0.2) is 21.6 Å². The largest absolute Gasteiger partial charge is 0.417 e. The minimum Gasteiger partial charge on any atom is -0.392 e. The number of aliphatic hydroxyl groups is 1. The number of rotatable bonds is 3. The molecule has 5 nitrogen and oxygen atoms in total. The van der Waals surface area contributed by atoms with E-state index >= 15 is 0 Å². The van der Waals surface area contributed by atoms with E-state index in [0.29, 0.717) is 18.5 Å². The zero-order valence-corrected chi connectivity index (χ0v) is 16.5. The van der Waals surface area contributed by atoms with Crippen LogP contribution >= 0.6 is 12.2 Å². The molecule has 0 radical (unpaired) electrons. The molecular formula is C21H17F3N4OS. The van der Waals surface area contributed by atoms with Crippen molar-refractivity contribution < 1.29 is 18.3 Å². The van der Waals surface area contributed by atoms with Crippen LogP contribution in [0.1, 0.15) is 36.0 Å². The fraction of sp³-hybridized carbons (Fsp3) is 0.286. The number of nitriles is 1. The van der Waals surface area contributed by atoms with Crippen LogP contribution in [0.2, 0.25) is 0 Å². The van der Waals surface area contributed by atoms with Crippen molar-refractivity contribution in [2.45, 2.75) is 37.6 Å². The summed E-state index contributed by atoms with van der Waals surface area (Å²) in [6, 6.07) is 12.0. The second-order valence-corrected chi connectivity index (χ2v) is 7.72. The molecule has 0 atom stereocenters. The summed E-state index contributed by atoms with van der Waals surface area (Å²) in [4.78, 5) is 3.17. The van der Waals surface area contributed by atoms with E-state index in [1.165, 1.54) is 11.0 Å². The molecule has 154 valence electrons. The molecular weight excluding hydrogens is 413 g/mol. The van der Waals surface area contributed by atoms with Gasteiger partial charge in [0.05, 0.1) is 29.5 Å². The molecule has 9 heteroatoms. The highest BCUT2D eigenvalue weighted by Crippen LogP contribution is 2.48. The average Bonchev–Trinajstić information content (AvgIpc) is 2.93. The number of alkyl halides is 3. The summed E-state index contributed by atoms with van der Waals surface area (Å²) >= 11 is 5.63. The van der Waals surface area contributed by atoms with Crippen LogP contribution < -0.4 is 9.80 Å². The van der Waals surface area contributed by atoms with Crippen LogP contribution in [0, 0.1) is 16.7 Å². The lowest BCUT2D eigenvalue weighted by Gasteiger charge is -2.44. The SMILES string of the molecule is N#Cc1ccc(N2C(=N)C3(CCC3)N(c3ccc(CO)cc3)C2=S)cc1C(F)(F)F. The van der Waals surface area contributed by atoms with Crippen molar-refractivity contribution in [2.75, 3.05) is 9.80 Å². The first-order valence-electron chi connectivity index (χ1n) is 9.27. The molecule has 0 bridgehead atoms. The highest BCUT2D eigenvalue weighted by atomic mass is 32.1. The zero-order valence-electron chi connectivity index (χ0n) is 15.7. The third-order valence-corrected chi connectivity index (χ3v) is 6.09. The smallest absolute Gasteiger partial charge is 0.392 e. The quantitative estimate of drug-likeness (QED) is 0.698. The molecule has 1 saturated carbocycles. The van der Waals surface area contributed by atoms with Gasteiger partial charge in [-0.1, -0.05) is 12.1 Å². The number of nitrogens with zero attached hydrogens (tertiary/aromatic N) is 3. The molecule has 1 aliphatic carbocycles. The van der Waals surface area contributed by atoms with E-state index in [2.05, 4.69) is 0 Å². The molecule has 0 aromatic heterocycles. The molecule has 2 aromatic rings. The van der Waals surface area contributed by atoms with Crippen molar-refractivity contribution >= 4 is 34.5 Å². The van der Waals surface area contributed by atoms with E-state index in [-0.39, 0.29) is 23.2 Å². The lowest BCUT2D eigenvalue weighted by atomic mass is 9.75. The first kappa shape index (κ1) is 20.3. The fourth-order valence-corrected chi connectivity index (χ4v) is 4.49. The summed E-state index contributed by atoms with van der Waals surface area (Å²) in [6.07, 6.45) is -2.50. The standard InChI is InChI=1S/C21H17F3N4OS/c22-21(23,24)17-10-16(7-4-14(17)11-25)27-18(26)20(8-1-9-20)28(19(27)30)15-5-2-13(12-29)3-6-15/h2-7,10,26,29H,1,8-9,12H2. The van der Waals surface area contributed by atoms with Gasteiger partial charge in [-0.05, 0) is 67.4 Å². The molecule has 2 fully saturated rings. The Hall–Kier alpha value is -2.96. The van der Waals surface area contributed by atoms with Crippen molar-refractivity contribution in [1.29, 1.82) is 10.7 Å². The van der Waals surface area contributed by atoms with Gasteiger partial charge < -0.3 is 10.0 Å². The first-order valence-corrected chi connectivity index (χ1v) is 9.68. The van der Waals surface area contributed by atoms with Gasteiger partial charge in [0.1, 0.15) is 11.4 Å². The molecule has 1 heterocycles. The summed E-state index contributed by atoms with van der Waals surface area (Å²) in [5, 5.41) is 27.3. The fourth-order valence-electron chi connectivity index (χ4n) is 4.02. The molecule has 2 aliphatic rings. The average molecular weight is 430 g/mol. The summed E-state index contributed by atoms with van der Waals surface area (Å²) in [5.74, 6) is 0.128. The summed E-state index contributed by atoms with van der Waals surface area (Å²) in [6.45, 7) is -0.108. The van der Waals surface area contributed by atoms with Gasteiger partial charge >= 0.3 is 6.18 Å². The number of thiocarbonyl (C=S) groups is 1. The number of hydrogen-bond donors (Lipinski definition) is 2. The van der Waals surface area contributed by atoms with Crippen molar-refractivity contribution in [3.8, 4) is 6.07 Å². The number of aliphatic hydroxyl groups excluding tert-OH is 1. The Morgan fingerprint density at radius 3 is 2.27 bits per heavy atom. The Morgan fingerprint density at radius 2 is 1.77 bits per heavy atom. The van der Waals surface area contributed by atoms with Gasteiger partial charge in [0.25, 0.3) is 0 Å². The van der Waals surface area contributed by atoms with Crippen LogP contribution in [-0.2, 0) is 12.8 Å². The topological polar surface area (TPSA) is 74.4 Å². The highest BCUT2D eigenvalue weighted by Gasteiger charge is 2.57. The lowest BCUT2D eigenvalue weighted by Crippen LogP contribution is -2.55. The predicted molar refractivity (Wildman–Crippen MR) is 110 cm³/mol. The van der Waals surface area contributed by atoms with E-state index in [1.807, 2.05) is 4.90 Å². The normalized spacial score (nSPS) is 18.0. The van der Waals surface area contributed by atoms with E-state index in [1.54, 1.807) is 30.3 Å². The third kappa shape index (κ3) is 2.95. The minimum atomic E-state index is -4.70. The summed E-state index contributed by atoms with van der Waals surface area (Å²) in [7, 11) is 0. The summed E-state index contributed by atoms with van der Waals surface area (Å²) in [5.41, 5.74) is -0.681. The van der Waals surface area contributed by atoms with Crippen LogP contribution in [0.15, 0.2) is 42.5 Å². The molecule has 30 heavy (non-hydrogen) atoms. The Kier molecular flexibility index (Phi) is 4.79. The van der Waals surface area contributed by atoms with E-state index in [0.717, 1.165) is 24.1 Å². The molecule has 2 N–H and O–H groups in total. The van der Waals surface area contributed by atoms with Crippen LogP contribution in [0.5, 0.6) is 0 Å². The summed E-state index contributed by atoms with van der Waals surface area (Å²) < 4.78 is 40.4. The maximum absolute atomic E-state index is 13.5. The van der Waals surface area contributed by atoms with Crippen molar-refractivity contribution in [2.24, 2.45) is 0 Å². The van der Waals surface area contributed by atoms with Gasteiger partial charge in [-0.3, -0.25) is 10.3 Å². The van der Waals surface area contributed by atoms with Crippen molar-refractivity contribution in [3.05, 3.63) is 59.2 Å². The van der Waals surface area contributed by atoms with Gasteiger partial charge in [0.15, 0.2) is 5.11 Å². The van der Waals surface area contributed by atoms with Gasteiger partial charge in [-0.15, -0.1) is 0 Å². The van der Waals surface area contributed by atoms with Gasteiger partial charge in [0.2, 0.25) is 0 Å². The maximum atomic E-state index is 13.5. The van der Waals surface area contributed by atoms with E-state index in [4.69, 9.17) is 22.9 Å². The molecule has 1 saturated heterocycles. The molecule has 0 unspecified atom stereocenters. The molecule has 1 aliphatic heterocycles. The van der Waals surface area contributed by atoms with Crippen LogP contribution in [0.4, 0.5) is 24.5 Å². The molecule has 0 amide bonds. The van der Waals surface area contributed by atoms with E-state index < -0.39 is 22.8 Å². The van der Waals surface area contributed by atoms with Crippen LogP contribution in [0.25, 0.3) is 0 Å². The Labute approximate surface area is 176 Å².